The van der Waals surface area contributed by atoms with Gasteiger partial charge in [0.05, 0.1) is 17.7 Å². The van der Waals surface area contributed by atoms with Crippen molar-refractivity contribution in [2.45, 2.75) is 50.7 Å². The van der Waals surface area contributed by atoms with Gasteiger partial charge < -0.3 is 15.3 Å². The van der Waals surface area contributed by atoms with Crippen molar-refractivity contribution < 1.29 is 9.90 Å². The largest absolute Gasteiger partial charge is 0.391 e. The number of aliphatic hydroxyl groups is 1. The van der Waals surface area contributed by atoms with Crippen LogP contribution >= 0.6 is 11.6 Å². The van der Waals surface area contributed by atoms with Crippen molar-refractivity contribution in [2.24, 2.45) is 5.92 Å². The van der Waals surface area contributed by atoms with Gasteiger partial charge in [-0.3, -0.25) is 4.79 Å². The second-order valence-electron chi connectivity index (χ2n) is 8.36. The fourth-order valence-electron chi connectivity index (χ4n) is 4.03. The molecule has 2 atom stereocenters. The predicted octanol–water partition coefficient (Wildman–Crippen LogP) is 4.28. The molecule has 2 N–H and O–H groups in total. The molecule has 0 bridgehead atoms. The molecular formula is C23H28ClN3O2. The summed E-state index contributed by atoms with van der Waals surface area (Å²) in [5.74, 6) is 1.42. The third-order valence-electron chi connectivity index (χ3n) is 5.92. The van der Waals surface area contributed by atoms with Gasteiger partial charge >= 0.3 is 0 Å². The number of pyridine rings is 1. The zero-order valence-corrected chi connectivity index (χ0v) is 17.5. The number of hydrogen-bond donors (Lipinski definition) is 2. The number of anilines is 1. The second kappa shape index (κ2) is 8.72. The SMILES string of the molecule is CN(CC1CC1)c1ncc(C(=O)N[C@@H]2CCCC[C@H]2O)cc1-c1ccc(Cl)cc1. The van der Waals surface area contributed by atoms with Crippen LogP contribution in [0.2, 0.25) is 5.02 Å². The monoisotopic (exact) mass is 413 g/mol. The number of nitrogens with zero attached hydrogens (tertiary/aromatic N) is 2. The van der Waals surface area contributed by atoms with E-state index in [4.69, 9.17) is 11.6 Å². The Kier molecular flexibility index (Phi) is 6.07. The number of aromatic nitrogens is 1. The lowest BCUT2D eigenvalue weighted by Crippen LogP contribution is -2.45. The first kappa shape index (κ1) is 20.2. The molecule has 29 heavy (non-hydrogen) atoms. The maximum atomic E-state index is 12.9. The minimum absolute atomic E-state index is 0.185. The molecule has 0 spiro atoms. The Hall–Kier alpha value is -2.11. The highest BCUT2D eigenvalue weighted by atomic mass is 35.5. The summed E-state index contributed by atoms with van der Waals surface area (Å²) in [6.45, 7) is 0.966. The van der Waals surface area contributed by atoms with Gasteiger partial charge in [-0.15, -0.1) is 0 Å². The van der Waals surface area contributed by atoms with E-state index in [-0.39, 0.29) is 11.9 Å². The van der Waals surface area contributed by atoms with Crippen molar-refractivity contribution in [3.05, 3.63) is 47.1 Å². The van der Waals surface area contributed by atoms with Gasteiger partial charge in [-0.2, -0.15) is 0 Å². The zero-order valence-electron chi connectivity index (χ0n) is 16.8. The highest BCUT2D eigenvalue weighted by Gasteiger charge is 2.27. The molecule has 2 fully saturated rings. The van der Waals surface area contributed by atoms with Crippen LogP contribution in [0.1, 0.15) is 48.9 Å². The van der Waals surface area contributed by atoms with E-state index in [2.05, 4.69) is 22.2 Å². The van der Waals surface area contributed by atoms with E-state index in [0.717, 1.165) is 55.1 Å². The summed E-state index contributed by atoms with van der Waals surface area (Å²) in [5, 5.41) is 13.9. The number of amides is 1. The van der Waals surface area contributed by atoms with Crippen molar-refractivity contribution in [1.29, 1.82) is 0 Å². The summed E-state index contributed by atoms with van der Waals surface area (Å²) in [7, 11) is 2.05. The highest BCUT2D eigenvalue weighted by Crippen LogP contribution is 2.34. The molecule has 0 unspecified atom stereocenters. The standard InChI is InChI=1S/C23H28ClN3O2/c1-27(14-15-6-7-15)22-19(16-8-10-18(24)11-9-16)12-17(13-25-22)23(29)26-20-4-2-3-5-21(20)28/h8-13,15,20-21,28H,2-7,14H2,1H3,(H,26,29)/t20-,21-/m1/s1. The number of nitrogens with one attached hydrogen (secondary N) is 1. The topological polar surface area (TPSA) is 65.5 Å². The van der Waals surface area contributed by atoms with E-state index in [0.29, 0.717) is 10.6 Å². The van der Waals surface area contributed by atoms with E-state index >= 15 is 0 Å². The number of halogens is 1. The lowest BCUT2D eigenvalue weighted by molar-refractivity contribution is 0.0717. The number of aliphatic hydroxyl groups excluding tert-OH is 1. The van der Waals surface area contributed by atoms with Crippen LogP contribution < -0.4 is 10.2 Å². The molecule has 2 aliphatic rings. The van der Waals surface area contributed by atoms with Crippen LogP contribution in [0.5, 0.6) is 0 Å². The number of rotatable bonds is 6. The van der Waals surface area contributed by atoms with E-state index in [1.807, 2.05) is 30.3 Å². The van der Waals surface area contributed by atoms with E-state index in [1.54, 1.807) is 6.20 Å². The van der Waals surface area contributed by atoms with Gasteiger partial charge in [0.25, 0.3) is 5.91 Å². The third kappa shape index (κ3) is 4.90. The molecule has 0 radical (unpaired) electrons. The Morgan fingerprint density at radius 2 is 1.93 bits per heavy atom. The number of carbonyl (C=O) groups is 1. The average Bonchev–Trinajstić information content (AvgIpc) is 3.54. The Labute approximate surface area is 177 Å². The maximum absolute atomic E-state index is 12.9. The molecule has 1 amide bonds. The lowest BCUT2D eigenvalue weighted by atomic mass is 9.92. The predicted molar refractivity (Wildman–Crippen MR) is 116 cm³/mol. The minimum atomic E-state index is -0.472. The molecular weight excluding hydrogens is 386 g/mol. The maximum Gasteiger partial charge on any atom is 0.253 e. The van der Waals surface area contributed by atoms with Crippen LogP contribution in [-0.2, 0) is 0 Å². The molecule has 5 nitrogen and oxygen atoms in total. The Morgan fingerprint density at radius 1 is 1.21 bits per heavy atom. The fraction of sp³-hybridized carbons (Fsp3) is 0.478. The van der Waals surface area contributed by atoms with Crippen LogP contribution in [0.3, 0.4) is 0 Å². The average molecular weight is 414 g/mol. The number of benzene rings is 1. The Morgan fingerprint density at radius 3 is 2.62 bits per heavy atom. The molecule has 1 heterocycles. The Bertz CT molecular complexity index is 867. The lowest BCUT2D eigenvalue weighted by Gasteiger charge is -2.28. The van der Waals surface area contributed by atoms with E-state index < -0.39 is 6.10 Å². The van der Waals surface area contributed by atoms with Crippen molar-refractivity contribution >= 4 is 23.3 Å². The van der Waals surface area contributed by atoms with Gasteiger partial charge in [0.1, 0.15) is 5.82 Å². The first-order valence-electron chi connectivity index (χ1n) is 10.5. The van der Waals surface area contributed by atoms with Crippen LogP contribution in [0, 0.1) is 5.92 Å². The van der Waals surface area contributed by atoms with Gasteiger partial charge in [-0.1, -0.05) is 36.6 Å². The van der Waals surface area contributed by atoms with Crippen LogP contribution in [0.4, 0.5) is 5.82 Å². The number of hydrogen-bond acceptors (Lipinski definition) is 4. The smallest absolute Gasteiger partial charge is 0.253 e. The van der Waals surface area contributed by atoms with Crippen LogP contribution in [0.15, 0.2) is 36.5 Å². The summed E-state index contributed by atoms with van der Waals surface area (Å²) >= 11 is 6.07. The third-order valence-corrected chi connectivity index (χ3v) is 6.17. The molecule has 4 rings (SSSR count). The molecule has 1 aromatic carbocycles. The Balaban J connectivity index is 1.62. The van der Waals surface area contributed by atoms with Crippen molar-refractivity contribution in [1.82, 2.24) is 10.3 Å². The van der Waals surface area contributed by atoms with Gasteiger partial charge in [-0.05, 0) is 55.4 Å². The van der Waals surface area contributed by atoms with Crippen molar-refractivity contribution in [3.63, 3.8) is 0 Å². The first-order valence-corrected chi connectivity index (χ1v) is 10.8. The highest BCUT2D eigenvalue weighted by molar-refractivity contribution is 6.30. The van der Waals surface area contributed by atoms with Gasteiger partial charge in [-0.25, -0.2) is 4.98 Å². The van der Waals surface area contributed by atoms with Crippen molar-refractivity contribution in [3.8, 4) is 11.1 Å². The van der Waals surface area contributed by atoms with E-state index in [1.165, 1.54) is 12.8 Å². The summed E-state index contributed by atoms with van der Waals surface area (Å²) in [6.07, 6.45) is 7.30. The van der Waals surface area contributed by atoms with Crippen molar-refractivity contribution in [2.75, 3.05) is 18.5 Å². The molecule has 2 aliphatic carbocycles. The number of carbonyl (C=O) groups excluding carboxylic acids is 1. The van der Waals surface area contributed by atoms with E-state index in [9.17, 15) is 9.90 Å². The summed E-state index contributed by atoms with van der Waals surface area (Å²) in [5.41, 5.74) is 2.41. The first-order chi connectivity index (χ1) is 14.0. The molecule has 154 valence electrons. The summed E-state index contributed by atoms with van der Waals surface area (Å²) in [4.78, 5) is 19.7. The van der Waals surface area contributed by atoms with Gasteiger partial charge in [0.15, 0.2) is 0 Å². The molecule has 0 saturated heterocycles. The van der Waals surface area contributed by atoms with Gasteiger partial charge in [0.2, 0.25) is 0 Å². The minimum Gasteiger partial charge on any atom is -0.391 e. The normalized spacial score (nSPS) is 21.6. The molecule has 6 heteroatoms. The molecule has 1 aromatic heterocycles. The second-order valence-corrected chi connectivity index (χ2v) is 8.79. The quantitative estimate of drug-likeness (QED) is 0.741. The summed E-state index contributed by atoms with van der Waals surface area (Å²) < 4.78 is 0. The summed E-state index contributed by atoms with van der Waals surface area (Å²) in [6, 6.07) is 9.34. The molecule has 2 saturated carbocycles. The fourth-order valence-corrected chi connectivity index (χ4v) is 4.16. The van der Waals surface area contributed by atoms with Gasteiger partial charge in [0, 0.05) is 30.4 Å². The zero-order chi connectivity index (χ0) is 20.4. The molecule has 2 aromatic rings. The van der Waals surface area contributed by atoms with Crippen LogP contribution in [-0.4, -0.2) is 41.7 Å². The van der Waals surface area contributed by atoms with Crippen LogP contribution in [0.25, 0.3) is 11.1 Å². The molecule has 0 aliphatic heterocycles.